The molecule has 1 aromatic heterocycles. The van der Waals surface area contributed by atoms with Crippen LogP contribution >= 0.6 is 0 Å². The Morgan fingerprint density at radius 2 is 2.45 bits per heavy atom. The SMILES string of the molecule is CCn1cnc(C(=N)N)c1N. The van der Waals surface area contributed by atoms with Crippen molar-refractivity contribution in [2.45, 2.75) is 13.5 Å². The highest BCUT2D eigenvalue weighted by Gasteiger charge is 2.07. The van der Waals surface area contributed by atoms with E-state index in [2.05, 4.69) is 4.98 Å². The lowest BCUT2D eigenvalue weighted by Gasteiger charge is -1.99. The van der Waals surface area contributed by atoms with E-state index < -0.39 is 0 Å². The number of aromatic nitrogens is 2. The average Bonchev–Trinajstić information content (AvgIpc) is 2.30. The van der Waals surface area contributed by atoms with Gasteiger partial charge >= 0.3 is 0 Å². The van der Waals surface area contributed by atoms with Crippen molar-refractivity contribution in [2.75, 3.05) is 5.73 Å². The van der Waals surface area contributed by atoms with Gasteiger partial charge < -0.3 is 16.0 Å². The fourth-order valence-corrected chi connectivity index (χ4v) is 0.851. The molecule has 0 saturated heterocycles. The second kappa shape index (κ2) is 2.61. The molecule has 0 aliphatic heterocycles. The Labute approximate surface area is 64.5 Å². The predicted molar refractivity (Wildman–Crippen MR) is 43.3 cm³/mol. The van der Waals surface area contributed by atoms with Crippen LogP contribution < -0.4 is 11.5 Å². The zero-order valence-corrected chi connectivity index (χ0v) is 6.33. The number of hydrogen-bond acceptors (Lipinski definition) is 3. The maximum Gasteiger partial charge on any atom is 0.146 e. The van der Waals surface area contributed by atoms with Crippen molar-refractivity contribution in [1.29, 1.82) is 5.41 Å². The van der Waals surface area contributed by atoms with Crippen LogP contribution in [-0.2, 0) is 6.54 Å². The number of nitrogens with zero attached hydrogens (tertiary/aromatic N) is 2. The summed E-state index contributed by atoms with van der Waals surface area (Å²) in [7, 11) is 0. The third kappa shape index (κ3) is 1.17. The Hall–Kier alpha value is -1.52. The molecule has 5 N–H and O–H groups in total. The van der Waals surface area contributed by atoms with Crippen LogP contribution in [0.2, 0.25) is 0 Å². The molecule has 0 saturated carbocycles. The van der Waals surface area contributed by atoms with E-state index in [1.165, 1.54) is 0 Å². The highest BCUT2D eigenvalue weighted by Crippen LogP contribution is 2.07. The highest BCUT2D eigenvalue weighted by atomic mass is 15.1. The first-order chi connectivity index (χ1) is 5.16. The molecule has 0 unspecified atom stereocenters. The zero-order valence-electron chi connectivity index (χ0n) is 6.33. The van der Waals surface area contributed by atoms with Crippen LogP contribution in [0.4, 0.5) is 5.82 Å². The van der Waals surface area contributed by atoms with Gasteiger partial charge in [0.15, 0.2) is 0 Å². The van der Waals surface area contributed by atoms with E-state index in [1.807, 2.05) is 6.92 Å². The van der Waals surface area contributed by atoms with Gasteiger partial charge in [0, 0.05) is 6.54 Å². The molecule has 1 heterocycles. The maximum absolute atomic E-state index is 7.09. The zero-order chi connectivity index (χ0) is 8.43. The van der Waals surface area contributed by atoms with Gasteiger partial charge in [-0.15, -0.1) is 0 Å². The molecular weight excluding hydrogens is 142 g/mol. The summed E-state index contributed by atoms with van der Waals surface area (Å²) >= 11 is 0. The molecule has 5 heteroatoms. The molecule has 5 nitrogen and oxygen atoms in total. The minimum atomic E-state index is -0.0882. The second-order valence-electron chi connectivity index (χ2n) is 2.18. The molecule has 0 fully saturated rings. The van der Waals surface area contributed by atoms with Crippen molar-refractivity contribution >= 4 is 11.7 Å². The summed E-state index contributed by atoms with van der Waals surface area (Å²) in [6, 6.07) is 0. The number of nitrogen functional groups attached to an aromatic ring is 2. The Morgan fingerprint density at radius 1 is 1.82 bits per heavy atom. The monoisotopic (exact) mass is 153 g/mol. The van der Waals surface area contributed by atoms with Gasteiger partial charge in [0.05, 0.1) is 6.33 Å². The van der Waals surface area contributed by atoms with Crippen molar-refractivity contribution in [3.05, 3.63) is 12.0 Å². The number of nitrogens with two attached hydrogens (primary N) is 2. The molecule has 0 aliphatic carbocycles. The molecule has 0 bridgehead atoms. The van der Waals surface area contributed by atoms with Crippen LogP contribution in [0, 0.1) is 5.41 Å². The van der Waals surface area contributed by atoms with Gasteiger partial charge in [-0.05, 0) is 6.92 Å². The molecule has 0 amide bonds. The van der Waals surface area contributed by atoms with Gasteiger partial charge in [-0.2, -0.15) is 0 Å². The van der Waals surface area contributed by atoms with Crippen molar-refractivity contribution in [3.63, 3.8) is 0 Å². The molecule has 11 heavy (non-hydrogen) atoms. The molecule has 60 valence electrons. The van der Waals surface area contributed by atoms with Crippen LogP contribution in [0.3, 0.4) is 0 Å². The molecule has 0 aromatic carbocycles. The van der Waals surface area contributed by atoms with Crippen LogP contribution in [0.15, 0.2) is 6.33 Å². The summed E-state index contributed by atoms with van der Waals surface area (Å²) in [5.41, 5.74) is 11.2. The third-order valence-corrected chi connectivity index (χ3v) is 1.47. The summed E-state index contributed by atoms with van der Waals surface area (Å²) in [6.07, 6.45) is 1.58. The molecule has 0 atom stereocenters. The maximum atomic E-state index is 7.09. The third-order valence-electron chi connectivity index (χ3n) is 1.47. The van der Waals surface area contributed by atoms with Crippen molar-refractivity contribution in [2.24, 2.45) is 5.73 Å². The van der Waals surface area contributed by atoms with E-state index in [0.29, 0.717) is 11.5 Å². The van der Waals surface area contributed by atoms with Gasteiger partial charge in [-0.3, -0.25) is 5.41 Å². The fourth-order valence-electron chi connectivity index (χ4n) is 0.851. The lowest BCUT2D eigenvalue weighted by Crippen LogP contribution is -2.14. The smallest absolute Gasteiger partial charge is 0.146 e. The summed E-state index contributed by atoms with van der Waals surface area (Å²) in [5, 5.41) is 7.09. The summed E-state index contributed by atoms with van der Waals surface area (Å²) in [6.45, 7) is 2.69. The van der Waals surface area contributed by atoms with Crippen LogP contribution in [0.1, 0.15) is 12.6 Å². The molecule has 0 aliphatic rings. The van der Waals surface area contributed by atoms with E-state index in [9.17, 15) is 0 Å². The van der Waals surface area contributed by atoms with Crippen LogP contribution in [0.5, 0.6) is 0 Å². The van der Waals surface area contributed by atoms with E-state index >= 15 is 0 Å². The first-order valence-corrected chi connectivity index (χ1v) is 3.31. The van der Waals surface area contributed by atoms with Gasteiger partial charge in [0.25, 0.3) is 0 Å². The Balaban J connectivity index is 3.10. The van der Waals surface area contributed by atoms with E-state index in [1.54, 1.807) is 10.9 Å². The molecule has 0 spiro atoms. The van der Waals surface area contributed by atoms with Crippen LogP contribution in [0.25, 0.3) is 0 Å². The molecule has 0 radical (unpaired) electrons. The number of anilines is 1. The van der Waals surface area contributed by atoms with Crippen molar-refractivity contribution in [1.82, 2.24) is 9.55 Å². The average molecular weight is 153 g/mol. The quantitative estimate of drug-likeness (QED) is 0.404. The summed E-state index contributed by atoms with van der Waals surface area (Å²) < 4.78 is 1.73. The van der Waals surface area contributed by atoms with Crippen LogP contribution in [-0.4, -0.2) is 15.4 Å². The van der Waals surface area contributed by atoms with E-state index in [4.69, 9.17) is 16.9 Å². The van der Waals surface area contributed by atoms with Crippen molar-refractivity contribution < 1.29 is 0 Å². The lowest BCUT2D eigenvalue weighted by atomic mass is 10.4. The molecule has 1 rings (SSSR count). The highest BCUT2D eigenvalue weighted by molar-refractivity contribution is 5.97. The minimum absolute atomic E-state index is 0.0882. The fraction of sp³-hybridized carbons (Fsp3) is 0.333. The van der Waals surface area contributed by atoms with Crippen molar-refractivity contribution in [3.8, 4) is 0 Å². The number of amidine groups is 1. The summed E-state index contributed by atoms with van der Waals surface area (Å²) in [5.74, 6) is 0.370. The first-order valence-electron chi connectivity index (χ1n) is 3.31. The summed E-state index contributed by atoms with van der Waals surface area (Å²) in [4.78, 5) is 3.87. The Kier molecular flexibility index (Phi) is 1.80. The van der Waals surface area contributed by atoms with E-state index in [0.717, 1.165) is 6.54 Å². The number of rotatable bonds is 2. The molecule has 1 aromatic rings. The Bertz CT molecular complexity index is 275. The standard InChI is InChI=1S/C6H11N5/c1-2-11-3-10-4(5(7)8)6(11)9/h3H,2,9H2,1H3,(H3,7,8). The topological polar surface area (TPSA) is 93.7 Å². The second-order valence-corrected chi connectivity index (χ2v) is 2.18. The van der Waals surface area contributed by atoms with Gasteiger partial charge in [0.2, 0.25) is 0 Å². The number of nitrogens with one attached hydrogen (secondary N) is 1. The van der Waals surface area contributed by atoms with Gasteiger partial charge in [0.1, 0.15) is 17.3 Å². The van der Waals surface area contributed by atoms with E-state index in [-0.39, 0.29) is 5.84 Å². The largest absolute Gasteiger partial charge is 0.383 e. The van der Waals surface area contributed by atoms with Gasteiger partial charge in [-0.1, -0.05) is 0 Å². The number of imidazole rings is 1. The molecular formula is C6H11N5. The minimum Gasteiger partial charge on any atom is -0.383 e. The first kappa shape index (κ1) is 7.59. The number of aryl methyl sites for hydroxylation is 1. The predicted octanol–water partition coefficient (Wildman–Crippen LogP) is -0.231. The Morgan fingerprint density at radius 3 is 2.73 bits per heavy atom. The van der Waals surface area contributed by atoms with Gasteiger partial charge in [-0.25, -0.2) is 4.98 Å². The number of hydrogen-bond donors (Lipinski definition) is 3. The normalized spacial score (nSPS) is 9.91. The lowest BCUT2D eigenvalue weighted by molar-refractivity contribution is 0.771.